The summed E-state index contributed by atoms with van der Waals surface area (Å²) in [5.74, 6) is -4.10. The average molecular weight is 513 g/mol. The zero-order valence-corrected chi connectivity index (χ0v) is 19.9. The highest BCUT2D eigenvalue weighted by atomic mass is 31.2. The van der Waals surface area contributed by atoms with Gasteiger partial charge in [-0.15, -0.1) is 0 Å². The van der Waals surface area contributed by atoms with E-state index in [9.17, 15) is 28.5 Å². The lowest BCUT2D eigenvalue weighted by atomic mass is 10.0. The summed E-state index contributed by atoms with van der Waals surface area (Å²) in [7, 11) is -4.74. The number of phosphoric acid groups is 1. The first-order chi connectivity index (χ1) is 16.2. The number of phosphoric ester groups is 1. The minimum atomic E-state index is -4.74. The van der Waals surface area contributed by atoms with Crippen molar-refractivity contribution in [2.75, 3.05) is 0 Å². The molecule has 0 radical (unpaired) electrons. The van der Waals surface area contributed by atoms with Crippen LogP contribution in [0, 0.1) is 0 Å². The van der Waals surface area contributed by atoms with Crippen molar-refractivity contribution in [2.45, 2.75) is 44.8 Å². The molecule has 35 heavy (non-hydrogen) atoms. The van der Waals surface area contributed by atoms with E-state index in [1.54, 1.807) is 6.92 Å². The molecule has 0 aliphatic heterocycles. The minimum Gasteiger partial charge on any atom is -0.404 e. The molecular formula is C20H28N5O9P. The van der Waals surface area contributed by atoms with Crippen LogP contribution in [0.4, 0.5) is 0 Å². The Kier molecular flexibility index (Phi) is 11.1. The van der Waals surface area contributed by atoms with Crippen molar-refractivity contribution >= 4 is 37.4 Å². The maximum Gasteiger partial charge on any atom is 0.524 e. The smallest absolute Gasteiger partial charge is 0.404 e. The van der Waals surface area contributed by atoms with Crippen LogP contribution in [0.5, 0.6) is 5.75 Å². The van der Waals surface area contributed by atoms with Crippen molar-refractivity contribution in [3.63, 3.8) is 0 Å². The van der Waals surface area contributed by atoms with Crippen LogP contribution in [0.15, 0.2) is 36.4 Å². The fraction of sp³-hybridized carbons (Fsp3) is 0.350. The molecular weight excluding hydrogens is 485 g/mol. The van der Waals surface area contributed by atoms with Crippen LogP contribution in [0.2, 0.25) is 0 Å². The van der Waals surface area contributed by atoms with Crippen LogP contribution in [-0.4, -0.2) is 57.4 Å². The first-order valence-corrected chi connectivity index (χ1v) is 11.7. The van der Waals surface area contributed by atoms with Gasteiger partial charge in [0.15, 0.2) is 0 Å². The molecule has 0 unspecified atom stereocenters. The van der Waals surface area contributed by atoms with Gasteiger partial charge in [0.1, 0.15) is 23.9 Å². The lowest BCUT2D eigenvalue weighted by Gasteiger charge is -2.23. The van der Waals surface area contributed by atoms with Crippen molar-refractivity contribution in [1.29, 1.82) is 0 Å². The number of amides is 5. The SMILES string of the molecule is C/C=C\[C@H](NC(=O)[C@H](Cc1ccc(OP(=O)(O)O)cc1)NC(C)=O)C(=O)N[C@@H](CC(N)=O)C(N)=O. The van der Waals surface area contributed by atoms with Crippen LogP contribution < -0.4 is 31.9 Å². The summed E-state index contributed by atoms with van der Waals surface area (Å²) in [5, 5.41) is 7.14. The number of rotatable bonds is 13. The van der Waals surface area contributed by atoms with Crippen LogP contribution in [0.3, 0.4) is 0 Å². The molecule has 1 aromatic rings. The summed E-state index contributed by atoms with van der Waals surface area (Å²) in [4.78, 5) is 77.5. The van der Waals surface area contributed by atoms with Gasteiger partial charge in [0.25, 0.3) is 0 Å². The molecule has 14 nitrogen and oxygen atoms in total. The molecule has 1 aromatic carbocycles. The number of nitrogens with two attached hydrogens (primary N) is 2. The minimum absolute atomic E-state index is 0.0443. The molecule has 9 N–H and O–H groups in total. The van der Waals surface area contributed by atoms with Gasteiger partial charge >= 0.3 is 7.82 Å². The Morgan fingerprint density at radius 1 is 1.00 bits per heavy atom. The Labute approximate surface area is 200 Å². The molecule has 192 valence electrons. The predicted octanol–water partition coefficient (Wildman–Crippen LogP) is -1.89. The van der Waals surface area contributed by atoms with E-state index in [2.05, 4.69) is 20.5 Å². The third-order valence-corrected chi connectivity index (χ3v) is 4.76. The fourth-order valence-electron chi connectivity index (χ4n) is 2.85. The summed E-state index contributed by atoms with van der Waals surface area (Å²) < 4.78 is 15.4. The molecule has 3 atom stereocenters. The molecule has 0 bridgehead atoms. The lowest BCUT2D eigenvalue weighted by Crippen LogP contribution is -2.56. The maximum absolute atomic E-state index is 12.9. The van der Waals surface area contributed by atoms with E-state index in [0.29, 0.717) is 5.56 Å². The van der Waals surface area contributed by atoms with Gasteiger partial charge in [-0.2, -0.15) is 0 Å². The van der Waals surface area contributed by atoms with Gasteiger partial charge in [-0.05, 0) is 24.6 Å². The van der Waals surface area contributed by atoms with E-state index in [1.807, 2.05) is 0 Å². The topological polar surface area (TPSA) is 240 Å². The molecule has 0 aromatic heterocycles. The number of benzene rings is 1. The van der Waals surface area contributed by atoms with Gasteiger partial charge in [-0.3, -0.25) is 33.8 Å². The van der Waals surface area contributed by atoms with Crippen LogP contribution in [0.1, 0.15) is 25.8 Å². The van der Waals surface area contributed by atoms with E-state index >= 15 is 0 Å². The quantitative estimate of drug-likeness (QED) is 0.115. The Hall–Kier alpha value is -3.74. The Morgan fingerprint density at radius 2 is 1.60 bits per heavy atom. The first kappa shape index (κ1) is 29.3. The van der Waals surface area contributed by atoms with Crippen LogP contribution in [0.25, 0.3) is 0 Å². The summed E-state index contributed by atoms with van der Waals surface area (Å²) in [6.45, 7) is 2.77. The zero-order valence-electron chi connectivity index (χ0n) is 19.0. The van der Waals surface area contributed by atoms with Crippen LogP contribution >= 0.6 is 7.82 Å². The van der Waals surface area contributed by atoms with E-state index < -0.39 is 61.9 Å². The molecule has 0 saturated heterocycles. The van der Waals surface area contributed by atoms with Crippen molar-refractivity contribution in [3.05, 3.63) is 42.0 Å². The Bertz CT molecular complexity index is 1020. The summed E-state index contributed by atoms with van der Waals surface area (Å²) in [6, 6.07) is 1.61. The molecule has 0 saturated carbocycles. The number of hydrogen-bond donors (Lipinski definition) is 7. The van der Waals surface area contributed by atoms with Crippen LogP contribution in [-0.2, 0) is 35.0 Å². The van der Waals surface area contributed by atoms with Crippen molar-refractivity contribution in [3.8, 4) is 5.75 Å². The van der Waals surface area contributed by atoms with Gasteiger partial charge in [0.05, 0.1) is 6.42 Å². The molecule has 0 spiro atoms. The normalized spacial score (nSPS) is 13.8. The average Bonchev–Trinajstić information content (AvgIpc) is 2.71. The second-order valence-electron chi connectivity index (χ2n) is 7.33. The molecule has 5 amide bonds. The molecule has 0 heterocycles. The fourth-order valence-corrected chi connectivity index (χ4v) is 3.24. The highest BCUT2D eigenvalue weighted by Crippen LogP contribution is 2.37. The van der Waals surface area contributed by atoms with Gasteiger partial charge in [-0.25, -0.2) is 4.57 Å². The van der Waals surface area contributed by atoms with Gasteiger partial charge < -0.3 is 31.9 Å². The van der Waals surface area contributed by atoms with Gasteiger partial charge in [0, 0.05) is 13.3 Å². The monoisotopic (exact) mass is 513 g/mol. The summed E-state index contributed by atoms with van der Waals surface area (Å²) >= 11 is 0. The first-order valence-electron chi connectivity index (χ1n) is 10.1. The third kappa shape index (κ3) is 11.3. The predicted molar refractivity (Wildman–Crippen MR) is 122 cm³/mol. The molecule has 15 heteroatoms. The number of hydrogen-bond acceptors (Lipinski definition) is 7. The summed E-state index contributed by atoms with van der Waals surface area (Å²) in [5.41, 5.74) is 10.7. The largest absolute Gasteiger partial charge is 0.524 e. The number of allylic oxidation sites excluding steroid dienone is 1. The second-order valence-corrected chi connectivity index (χ2v) is 8.49. The molecule has 0 fully saturated rings. The summed E-state index contributed by atoms with van der Waals surface area (Å²) in [6.07, 6.45) is 2.20. The van der Waals surface area contributed by atoms with E-state index in [4.69, 9.17) is 21.3 Å². The Balaban J connectivity index is 3.01. The zero-order chi connectivity index (χ0) is 26.8. The van der Waals surface area contributed by atoms with E-state index in [-0.39, 0.29) is 12.2 Å². The lowest BCUT2D eigenvalue weighted by molar-refractivity contribution is -0.132. The molecule has 1 rings (SSSR count). The highest BCUT2D eigenvalue weighted by Gasteiger charge is 2.28. The van der Waals surface area contributed by atoms with Gasteiger partial charge in [0.2, 0.25) is 29.5 Å². The van der Waals surface area contributed by atoms with Gasteiger partial charge in [-0.1, -0.05) is 24.3 Å². The van der Waals surface area contributed by atoms with Crippen molar-refractivity contribution in [1.82, 2.24) is 16.0 Å². The standard InChI is InChI=1S/C20H28N5O9P/c1-3-4-14(19(29)25-15(18(22)28)10-17(21)27)24-20(30)16(23-11(2)26)9-12-5-7-13(8-6-12)34-35(31,32)33/h3-8,14-16H,9-10H2,1-2H3,(H2,21,27)(H2,22,28)(H,23,26)(H,24,30)(H,25,29)(H2,31,32,33)/b4-3-/t14-,15-,16-/m0/s1. The maximum atomic E-state index is 12.9. The number of carbonyl (C=O) groups is 5. The van der Waals surface area contributed by atoms with Crippen molar-refractivity contribution < 1.29 is 42.8 Å². The third-order valence-electron chi connectivity index (χ3n) is 4.31. The van der Waals surface area contributed by atoms with E-state index in [1.165, 1.54) is 43.3 Å². The molecule has 0 aliphatic carbocycles. The number of nitrogens with one attached hydrogen (secondary N) is 3. The van der Waals surface area contributed by atoms with E-state index in [0.717, 1.165) is 0 Å². The highest BCUT2D eigenvalue weighted by molar-refractivity contribution is 7.46. The Morgan fingerprint density at radius 3 is 2.06 bits per heavy atom. The molecule has 0 aliphatic rings. The number of carbonyl (C=O) groups excluding carboxylic acids is 5. The second kappa shape index (κ2) is 13.2. The number of primary amides is 2. The van der Waals surface area contributed by atoms with Crippen molar-refractivity contribution in [2.24, 2.45) is 11.5 Å².